The van der Waals surface area contributed by atoms with Crippen molar-refractivity contribution in [3.05, 3.63) is 0 Å². The Morgan fingerprint density at radius 1 is 1.12 bits per heavy atom. The minimum Gasteiger partial charge on any atom is -0.315 e. The summed E-state index contributed by atoms with van der Waals surface area (Å²) in [7, 11) is 0. The molecule has 1 aliphatic rings. The van der Waals surface area contributed by atoms with Gasteiger partial charge < -0.3 is 10.2 Å². The molecule has 0 unspecified atom stereocenters. The van der Waals surface area contributed by atoms with Crippen LogP contribution in [-0.4, -0.2) is 36.6 Å². The van der Waals surface area contributed by atoms with E-state index in [1.807, 2.05) is 0 Å². The third kappa shape index (κ3) is 5.31. The van der Waals surface area contributed by atoms with Crippen LogP contribution in [0.1, 0.15) is 53.4 Å². The Morgan fingerprint density at radius 3 is 2.25 bits per heavy atom. The SMILES string of the molecule is CC(C)NCCCC1CCN(C(C)C)CC1. The quantitative estimate of drug-likeness (QED) is 0.701. The fourth-order valence-electron chi connectivity index (χ4n) is 2.54. The Bertz CT molecular complexity index is 170. The summed E-state index contributed by atoms with van der Waals surface area (Å²) < 4.78 is 0. The molecule has 0 radical (unpaired) electrons. The molecule has 1 heterocycles. The maximum absolute atomic E-state index is 3.50. The van der Waals surface area contributed by atoms with Gasteiger partial charge in [0.25, 0.3) is 0 Å². The maximum atomic E-state index is 3.50. The topological polar surface area (TPSA) is 15.3 Å². The molecule has 1 saturated heterocycles. The molecule has 1 N–H and O–H groups in total. The van der Waals surface area contributed by atoms with E-state index in [-0.39, 0.29) is 0 Å². The summed E-state index contributed by atoms with van der Waals surface area (Å²) in [6.45, 7) is 12.9. The van der Waals surface area contributed by atoms with Gasteiger partial charge in [-0.2, -0.15) is 0 Å². The van der Waals surface area contributed by atoms with Gasteiger partial charge in [0.05, 0.1) is 0 Å². The van der Waals surface area contributed by atoms with Gasteiger partial charge in [0.15, 0.2) is 0 Å². The van der Waals surface area contributed by atoms with Crippen LogP contribution in [0.2, 0.25) is 0 Å². The summed E-state index contributed by atoms with van der Waals surface area (Å²) in [4.78, 5) is 2.61. The Morgan fingerprint density at radius 2 is 1.75 bits per heavy atom. The first-order valence-corrected chi connectivity index (χ1v) is 7.07. The van der Waals surface area contributed by atoms with E-state index in [0.29, 0.717) is 6.04 Å². The van der Waals surface area contributed by atoms with Crippen LogP contribution in [0.4, 0.5) is 0 Å². The molecule has 2 nitrogen and oxygen atoms in total. The molecular formula is C14H30N2. The largest absolute Gasteiger partial charge is 0.315 e. The highest BCUT2D eigenvalue weighted by atomic mass is 15.1. The second-order valence-corrected chi connectivity index (χ2v) is 5.82. The monoisotopic (exact) mass is 226 g/mol. The van der Waals surface area contributed by atoms with Crippen molar-refractivity contribution in [3.63, 3.8) is 0 Å². The van der Waals surface area contributed by atoms with Crippen LogP contribution in [0.25, 0.3) is 0 Å². The second kappa shape index (κ2) is 7.29. The van der Waals surface area contributed by atoms with Crippen molar-refractivity contribution in [2.45, 2.75) is 65.5 Å². The number of piperidine rings is 1. The Hall–Kier alpha value is -0.0800. The van der Waals surface area contributed by atoms with Crippen molar-refractivity contribution in [2.24, 2.45) is 5.92 Å². The second-order valence-electron chi connectivity index (χ2n) is 5.82. The number of nitrogens with one attached hydrogen (secondary N) is 1. The van der Waals surface area contributed by atoms with Gasteiger partial charge in [0.2, 0.25) is 0 Å². The molecule has 0 saturated carbocycles. The average Bonchev–Trinajstić information content (AvgIpc) is 2.25. The molecule has 2 heteroatoms. The lowest BCUT2D eigenvalue weighted by Crippen LogP contribution is -2.38. The summed E-state index contributed by atoms with van der Waals surface area (Å²) in [5.41, 5.74) is 0. The molecular weight excluding hydrogens is 196 g/mol. The van der Waals surface area contributed by atoms with Crippen molar-refractivity contribution < 1.29 is 0 Å². The highest BCUT2D eigenvalue weighted by Crippen LogP contribution is 2.22. The summed E-state index contributed by atoms with van der Waals surface area (Å²) in [5.74, 6) is 0.990. The number of rotatable bonds is 6. The highest BCUT2D eigenvalue weighted by molar-refractivity contribution is 4.74. The number of hydrogen-bond acceptors (Lipinski definition) is 2. The average molecular weight is 226 g/mol. The predicted octanol–water partition coefficient (Wildman–Crippen LogP) is 2.89. The van der Waals surface area contributed by atoms with Crippen molar-refractivity contribution in [1.82, 2.24) is 10.2 Å². The Balaban J connectivity index is 2.04. The third-order valence-electron chi connectivity index (χ3n) is 3.72. The van der Waals surface area contributed by atoms with Gasteiger partial charge in [-0.15, -0.1) is 0 Å². The maximum Gasteiger partial charge on any atom is 0.00385 e. The third-order valence-corrected chi connectivity index (χ3v) is 3.72. The lowest BCUT2D eigenvalue weighted by Gasteiger charge is -2.34. The molecule has 0 aromatic carbocycles. The molecule has 16 heavy (non-hydrogen) atoms. The summed E-state index contributed by atoms with van der Waals surface area (Å²) in [6, 6.07) is 1.38. The minimum atomic E-state index is 0.641. The smallest absolute Gasteiger partial charge is 0.00385 e. The summed E-state index contributed by atoms with van der Waals surface area (Å²) in [6.07, 6.45) is 5.61. The molecule has 0 aromatic heterocycles. The van der Waals surface area contributed by atoms with Crippen molar-refractivity contribution in [1.29, 1.82) is 0 Å². The van der Waals surface area contributed by atoms with Crippen LogP contribution < -0.4 is 5.32 Å². The Kier molecular flexibility index (Phi) is 6.37. The molecule has 96 valence electrons. The first-order valence-electron chi connectivity index (χ1n) is 7.07. The zero-order chi connectivity index (χ0) is 12.0. The fourth-order valence-corrected chi connectivity index (χ4v) is 2.54. The van der Waals surface area contributed by atoms with Crippen molar-refractivity contribution >= 4 is 0 Å². The van der Waals surface area contributed by atoms with Crippen LogP contribution in [0.3, 0.4) is 0 Å². The van der Waals surface area contributed by atoms with Crippen molar-refractivity contribution in [2.75, 3.05) is 19.6 Å². The van der Waals surface area contributed by atoms with E-state index in [1.165, 1.54) is 45.3 Å². The van der Waals surface area contributed by atoms with Gasteiger partial charge in [0, 0.05) is 12.1 Å². The van der Waals surface area contributed by atoms with Crippen LogP contribution in [-0.2, 0) is 0 Å². The van der Waals surface area contributed by atoms with Crippen molar-refractivity contribution in [3.8, 4) is 0 Å². The summed E-state index contributed by atoms with van der Waals surface area (Å²) >= 11 is 0. The molecule has 1 aliphatic heterocycles. The predicted molar refractivity (Wildman–Crippen MR) is 71.8 cm³/mol. The molecule has 0 aliphatic carbocycles. The normalized spacial score (nSPS) is 19.9. The van der Waals surface area contributed by atoms with Gasteiger partial charge in [-0.3, -0.25) is 0 Å². The zero-order valence-electron chi connectivity index (χ0n) is 11.6. The van der Waals surface area contributed by atoms with Crippen LogP contribution in [0, 0.1) is 5.92 Å². The number of nitrogens with zero attached hydrogens (tertiary/aromatic N) is 1. The molecule has 0 amide bonds. The standard InChI is InChI=1S/C14H30N2/c1-12(2)15-9-5-6-14-7-10-16(11-8-14)13(3)4/h12-15H,5-11H2,1-4H3. The first-order chi connectivity index (χ1) is 7.59. The number of hydrogen-bond donors (Lipinski definition) is 1. The molecule has 0 spiro atoms. The lowest BCUT2D eigenvalue weighted by atomic mass is 9.91. The first kappa shape index (κ1) is 14.0. The van der Waals surface area contributed by atoms with Crippen LogP contribution >= 0.6 is 0 Å². The van der Waals surface area contributed by atoms with Gasteiger partial charge in [-0.25, -0.2) is 0 Å². The zero-order valence-corrected chi connectivity index (χ0v) is 11.6. The van der Waals surface area contributed by atoms with E-state index >= 15 is 0 Å². The highest BCUT2D eigenvalue weighted by Gasteiger charge is 2.20. The molecule has 0 aromatic rings. The van der Waals surface area contributed by atoms with E-state index in [4.69, 9.17) is 0 Å². The van der Waals surface area contributed by atoms with E-state index in [2.05, 4.69) is 37.9 Å². The fraction of sp³-hybridized carbons (Fsp3) is 1.00. The molecule has 0 atom stereocenters. The van der Waals surface area contributed by atoms with Gasteiger partial charge in [-0.05, 0) is 65.1 Å². The van der Waals surface area contributed by atoms with E-state index in [1.54, 1.807) is 0 Å². The van der Waals surface area contributed by atoms with Crippen LogP contribution in [0.15, 0.2) is 0 Å². The summed E-state index contributed by atoms with van der Waals surface area (Å²) in [5, 5.41) is 3.50. The van der Waals surface area contributed by atoms with E-state index in [0.717, 1.165) is 12.0 Å². The van der Waals surface area contributed by atoms with Gasteiger partial charge in [-0.1, -0.05) is 13.8 Å². The van der Waals surface area contributed by atoms with Gasteiger partial charge >= 0.3 is 0 Å². The van der Waals surface area contributed by atoms with Crippen LogP contribution in [0.5, 0.6) is 0 Å². The van der Waals surface area contributed by atoms with E-state index < -0.39 is 0 Å². The Labute approximate surface area is 102 Å². The molecule has 1 rings (SSSR count). The van der Waals surface area contributed by atoms with E-state index in [9.17, 15) is 0 Å². The number of likely N-dealkylation sites (tertiary alicyclic amines) is 1. The minimum absolute atomic E-state index is 0.641. The lowest BCUT2D eigenvalue weighted by molar-refractivity contribution is 0.144. The molecule has 1 fully saturated rings. The molecule has 0 bridgehead atoms. The van der Waals surface area contributed by atoms with Gasteiger partial charge in [0.1, 0.15) is 0 Å².